The van der Waals surface area contributed by atoms with Crippen LogP contribution < -0.4 is 25.2 Å². The van der Waals surface area contributed by atoms with Crippen LogP contribution in [0.5, 0.6) is 23.0 Å². The molecule has 1 heterocycles. The van der Waals surface area contributed by atoms with E-state index in [4.69, 9.17) is 23.7 Å². The predicted octanol–water partition coefficient (Wildman–Crippen LogP) is 1.79. The van der Waals surface area contributed by atoms with Crippen molar-refractivity contribution in [3.05, 3.63) is 45.5 Å². The average molecular weight is 435 g/mol. The molecule has 31 heavy (non-hydrogen) atoms. The zero-order chi connectivity index (χ0) is 23.1. The largest absolute Gasteiger partial charge is 0.507 e. The zero-order valence-electron chi connectivity index (χ0n) is 17.7. The molecule has 10 heteroatoms. The van der Waals surface area contributed by atoms with E-state index in [1.54, 1.807) is 12.1 Å². The number of carboxylic acid groups (broad SMARTS) is 1. The lowest BCUT2D eigenvalue weighted by atomic mass is 9.87. The first kappa shape index (κ1) is 23.6. The molecule has 0 aliphatic rings. The van der Waals surface area contributed by atoms with Gasteiger partial charge in [0.1, 0.15) is 11.5 Å². The number of carbonyl (C=O) groups excluding carboxylic acids is 1. The Balaban J connectivity index is 2.60. The van der Waals surface area contributed by atoms with Crippen molar-refractivity contribution in [2.45, 2.75) is 25.7 Å². The molecule has 0 spiro atoms. The third-order valence-corrected chi connectivity index (χ3v) is 4.60. The van der Waals surface area contributed by atoms with Crippen LogP contribution in [0.25, 0.3) is 0 Å². The van der Waals surface area contributed by atoms with Crippen LogP contribution in [0.15, 0.2) is 27.4 Å². The van der Waals surface area contributed by atoms with Crippen molar-refractivity contribution < 1.29 is 38.4 Å². The lowest BCUT2D eigenvalue weighted by molar-refractivity contribution is -0.136. The summed E-state index contributed by atoms with van der Waals surface area (Å²) >= 11 is 0. The predicted molar refractivity (Wildman–Crippen MR) is 109 cm³/mol. The highest BCUT2D eigenvalue weighted by Crippen LogP contribution is 2.45. The van der Waals surface area contributed by atoms with Gasteiger partial charge in [0.05, 0.1) is 33.3 Å². The molecule has 0 saturated carbocycles. The van der Waals surface area contributed by atoms with E-state index in [2.05, 4.69) is 5.32 Å². The van der Waals surface area contributed by atoms with E-state index in [0.717, 1.165) is 0 Å². The van der Waals surface area contributed by atoms with Crippen molar-refractivity contribution >= 4 is 11.9 Å². The van der Waals surface area contributed by atoms with Gasteiger partial charge in [-0.2, -0.15) is 0 Å². The fourth-order valence-electron chi connectivity index (χ4n) is 3.26. The first-order valence-electron chi connectivity index (χ1n) is 9.34. The number of nitrogens with one attached hydrogen (secondary N) is 1. The minimum Gasteiger partial charge on any atom is -0.507 e. The van der Waals surface area contributed by atoms with Gasteiger partial charge in [-0.05, 0) is 13.0 Å². The highest BCUT2D eigenvalue weighted by Gasteiger charge is 2.30. The van der Waals surface area contributed by atoms with E-state index in [1.165, 1.54) is 34.3 Å². The van der Waals surface area contributed by atoms with Crippen LogP contribution >= 0.6 is 0 Å². The average Bonchev–Trinajstić information content (AvgIpc) is 2.70. The number of rotatable bonds is 10. The van der Waals surface area contributed by atoms with Crippen LogP contribution in [0.1, 0.15) is 35.6 Å². The quantitative estimate of drug-likeness (QED) is 0.508. The van der Waals surface area contributed by atoms with Gasteiger partial charge in [-0.25, -0.2) is 4.79 Å². The van der Waals surface area contributed by atoms with E-state index in [1.807, 2.05) is 0 Å². The fourth-order valence-corrected chi connectivity index (χ4v) is 3.26. The Labute approximate surface area is 178 Å². The number of aromatic hydroxyl groups is 1. The summed E-state index contributed by atoms with van der Waals surface area (Å²) in [6, 6.07) is 4.45. The van der Waals surface area contributed by atoms with Crippen LogP contribution in [-0.2, 0) is 9.59 Å². The molecule has 0 radical (unpaired) electrons. The van der Waals surface area contributed by atoms with E-state index >= 15 is 0 Å². The molecule has 2 rings (SSSR count). The molecular formula is C21H25NO9. The molecule has 1 amide bonds. The van der Waals surface area contributed by atoms with Crippen LogP contribution in [-0.4, -0.2) is 50.0 Å². The van der Waals surface area contributed by atoms with Crippen molar-refractivity contribution in [2.24, 2.45) is 0 Å². The van der Waals surface area contributed by atoms with Gasteiger partial charge in [-0.3, -0.25) is 9.59 Å². The molecule has 3 N–H and O–H groups in total. The number of carboxylic acids is 1. The van der Waals surface area contributed by atoms with Crippen LogP contribution in [0, 0.1) is 6.92 Å². The highest BCUT2D eigenvalue weighted by atomic mass is 16.5. The van der Waals surface area contributed by atoms with Gasteiger partial charge in [-0.1, -0.05) is 6.07 Å². The van der Waals surface area contributed by atoms with Crippen molar-refractivity contribution in [3.8, 4) is 23.0 Å². The molecule has 10 nitrogen and oxygen atoms in total. The first-order valence-corrected chi connectivity index (χ1v) is 9.34. The van der Waals surface area contributed by atoms with Crippen LogP contribution in [0.2, 0.25) is 0 Å². The molecule has 0 saturated heterocycles. The maximum absolute atomic E-state index is 12.6. The summed E-state index contributed by atoms with van der Waals surface area (Å²) in [5, 5.41) is 21.7. The lowest BCUT2D eigenvalue weighted by Crippen LogP contribution is -2.29. The van der Waals surface area contributed by atoms with Crippen molar-refractivity contribution in [3.63, 3.8) is 0 Å². The summed E-state index contributed by atoms with van der Waals surface area (Å²) < 4.78 is 21.3. The number of aliphatic carboxylic acids is 1. The van der Waals surface area contributed by atoms with Gasteiger partial charge in [0.25, 0.3) is 0 Å². The van der Waals surface area contributed by atoms with Crippen LogP contribution in [0.4, 0.5) is 0 Å². The number of hydrogen-bond donors (Lipinski definition) is 3. The molecule has 1 aromatic heterocycles. The van der Waals surface area contributed by atoms with E-state index in [-0.39, 0.29) is 48.0 Å². The standard InChI is InChI=1S/C21H25NO9/c1-11-9-14(23)18(21(27)31-11)13(10-16(24)22-8-7-17(25)26)12-5-6-15(28-2)20(30-4)19(12)29-3/h5-6,9,13,23H,7-8,10H2,1-4H3,(H,22,24)(H,25,26)/t13-/m0/s1. The number of hydrogen-bond acceptors (Lipinski definition) is 8. The van der Waals surface area contributed by atoms with Crippen molar-refractivity contribution in [1.82, 2.24) is 5.32 Å². The fraction of sp³-hybridized carbons (Fsp3) is 0.381. The number of benzene rings is 1. The Bertz CT molecular complexity index is 1010. The first-order chi connectivity index (χ1) is 14.7. The van der Waals surface area contributed by atoms with Crippen molar-refractivity contribution in [1.29, 1.82) is 0 Å². The molecule has 1 aromatic carbocycles. The SMILES string of the molecule is COc1ccc([C@H](CC(=O)NCCC(=O)O)c2c(O)cc(C)oc2=O)c(OC)c1OC. The molecule has 0 fully saturated rings. The number of methoxy groups -OCH3 is 3. The second-order valence-corrected chi connectivity index (χ2v) is 6.62. The van der Waals surface area contributed by atoms with Gasteiger partial charge in [-0.15, -0.1) is 0 Å². The summed E-state index contributed by atoms with van der Waals surface area (Å²) in [5.74, 6) is -1.87. The molecule has 2 aromatic rings. The maximum Gasteiger partial charge on any atom is 0.343 e. The van der Waals surface area contributed by atoms with Gasteiger partial charge in [0.15, 0.2) is 11.5 Å². The Morgan fingerprint density at radius 2 is 1.81 bits per heavy atom. The molecule has 0 bridgehead atoms. The van der Waals surface area contributed by atoms with E-state index in [9.17, 15) is 19.5 Å². The summed E-state index contributed by atoms with van der Waals surface area (Å²) in [6.45, 7) is 1.42. The third-order valence-electron chi connectivity index (χ3n) is 4.60. The van der Waals surface area contributed by atoms with Gasteiger partial charge < -0.3 is 34.2 Å². The number of carbonyl (C=O) groups is 2. The summed E-state index contributed by atoms with van der Waals surface area (Å²) in [7, 11) is 4.25. The van der Waals surface area contributed by atoms with Crippen molar-refractivity contribution in [2.75, 3.05) is 27.9 Å². The van der Waals surface area contributed by atoms with Crippen LogP contribution in [0.3, 0.4) is 0 Å². The topological polar surface area (TPSA) is 145 Å². The van der Waals surface area contributed by atoms with E-state index < -0.39 is 23.4 Å². The molecule has 1 atom stereocenters. The minimum atomic E-state index is -1.06. The summed E-state index contributed by atoms with van der Waals surface area (Å²) in [4.78, 5) is 35.8. The minimum absolute atomic E-state index is 0.0849. The molecule has 168 valence electrons. The Morgan fingerprint density at radius 1 is 1.13 bits per heavy atom. The molecule has 0 unspecified atom stereocenters. The number of amides is 1. The Hall–Kier alpha value is -3.69. The Morgan fingerprint density at radius 3 is 2.35 bits per heavy atom. The van der Waals surface area contributed by atoms with Gasteiger partial charge in [0, 0.05) is 30.5 Å². The molecule has 0 aliphatic carbocycles. The normalized spacial score (nSPS) is 11.5. The highest BCUT2D eigenvalue weighted by molar-refractivity contribution is 5.79. The second kappa shape index (κ2) is 10.4. The lowest BCUT2D eigenvalue weighted by Gasteiger charge is -2.22. The van der Waals surface area contributed by atoms with Gasteiger partial charge in [0.2, 0.25) is 11.7 Å². The molecular weight excluding hydrogens is 410 g/mol. The summed E-state index contributed by atoms with van der Waals surface area (Å²) in [6.07, 6.45) is -0.541. The number of ether oxygens (including phenoxy) is 3. The maximum atomic E-state index is 12.6. The third kappa shape index (κ3) is 5.47. The monoisotopic (exact) mass is 435 g/mol. The zero-order valence-corrected chi connectivity index (χ0v) is 17.7. The smallest absolute Gasteiger partial charge is 0.343 e. The second-order valence-electron chi connectivity index (χ2n) is 6.62. The molecule has 0 aliphatic heterocycles. The summed E-state index contributed by atoms with van der Waals surface area (Å²) in [5.41, 5.74) is -0.567. The Kier molecular flexibility index (Phi) is 7.89. The number of aryl methyl sites for hydroxylation is 1. The van der Waals surface area contributed by atoms with Gasteiger partial charge >= 0.3 is 11.6 Å². The van der Waals surface area contributed by atoms with E-state index in [0.29, 0.717) is 11.3 Å².